The fourth-order valence-electron chi connectivity index (χ4n) is 1.70. The van der Waals surface area contributed by atoms with Crippen molar-refractivity contribution < 1.29 is 4.79 Å². The normalized spacial score (nSPS) is 14.5. The molecular weight excluding hydrogens is 246 g/mol. The molecule has 5 heteroatoms. The van der Waals surface area contributed by atoms with E-state index < -0.39 is 0 Å². The van der Waals surface area contributed by atoms with Crippen LogP contribution in [0.5, 0.6) is 0 Å². The molecule has 0 saturated heterocycles. The zero-order valence-electron chi connectivity index (χ0n) is 10.0. The van der Waals surface area contributed by atoms with E-state index in [1.54, 1.807) is 12.4 Å². The van der Waals surface area contributed by atoms with Gasteiger partial charge in [0, 0.05) is 24.0 Å². The molecule has 0 bridgehead atoms. The third-order valence-electron chi connectivity index (χ3n) is 2.82. The lowest BCUT2D eigenvalue weighted by atomic mass is 10.3. The number of carbonyl (C=O) groups excluding carboxylic acids is 1. The monoisotopic (exact) mass is 259 g/mol. The summed E-state index contributed by atoms with van der Waals surface area (Å²) in [6.07, 6.45) is 5.68. The first-order valence-electron chi connectivity index (χ1n) is 5.93. The van der Waals surface area contributed by atoms with Crippen molar-refractivity contribution in [3.8, 4) is 10.6 Å². The predicted molar refractivity (Wildman–Crippen MR) is 70.6 cm³/mol. The van der Waals surface area contributed by atoms with Gasteiger partial charge in [-0.25, -0.2) is 4.98 Å². The fourth-order valence-corrected chi connectivity index (χ4v) is 2.66. The summed E-state index contributed by atoms with van der Waals surface area (Å²) in [6.45, 7) is 1.87. The van der Waals surface area contributed by atoms with Gasteiger partial charge in [0.05, 0.1) is 5.69 Å². The molecule has 4 nitrogen and oxygen atoms in total. The molecule has 0 unspecified atom stereocenters. The zero-order chi connectivity index (χ0) is 12.5. The summed E-state index contributed by atoms with van der Waals surface area (Å²) in [5.74, 6) is 0.00244. The van der Waals surface area contributed by atoms with E-state index in [2.05, 4.69) is 15.3 Å². The maximum Gasteiger partial charge on any atom is 0.263 e. The van der Waals surface area contributed by atoms with Gasteiger partial charge in [-0.15, -0.1) is 11.3 Å². The Kier molecular flexibility index (Phi) is 2.83. The quantitative estimate of drug-likeness (QED) is 0.921. The van der Waals surface area contributed by atoms with E-state index in [1.165, 1.54) is 11.3 Å². The van der Waals surface area contributed by atoms with Crippen molar-refractivity contribution in [3.05, 3.63) is 35.1 Å². The fraction of sp³-hybridized carbons (Fsp3) is 0.308. The van der Waals surface area contributed by atoms with Gasteiger partial charge in [-0.05, 0) is 31.9 Å². The van der Waals surface area contributed by atoms with Crippen LogP contribution in [0.2, 0.25) is 0 Å². The van der Waals surface area contributed by atoms with Crippen molar-refractivity contribution >= 4 is 17.2 Å². The standard InChI is InChI=1S/C13H13N3OS/c1-8-11(12(17)16-10-4-5-10)18-13(15-8)9-3-2-6-14-7-9/h2-3,6-7,10H,4-5H2,1H3,(H,16,17). The van der Waals surface area contributed by atoms with Crippen LogP contribution in [0.3, 0.4) is 0 Å². The van der Waals surface area contributed by atoms with E-state index >= 15 is 0 Å². The van der Waals surface area contributed by atoms with E-state index in [0.29, 0.717) is 10.9 Å². The molecule has 1 fully saturated rings. The highest BCUT2D eigenvalue weighted by Crippen LogP contribution is 2.28. The Labute approximate surface area is 109 Å². The highest BCUT2D eigenvalue weighted by molar-refractivity contribution is 7.17. The van der Waals surface area contributed by atoms with E-state index in [9.17, 15) is 4.79 Å². The van der Waals surface area contributed by atoms with Crippen LogP contribution in [-0.4, -0.2) is 21.9 Å². The number of amides is 1. The second kappa shape index (κ2) is 4.49. The molecule has 1 aliphatic rings. The van der Waals surface area contributed by atoms with Crippen LogP contribution in [0.1, 0.15) is 28.2 Å². The third-order valence-corrected chi connectivity index (χ3v) is 4.03. The van der Waals surface area contributed by atoms with Crippen molar-refractivity contribution in [2.75, 3.05) is 0 Å². The van der Waals surface area contributed by atoms with Gasteiger partial charge in [-0.1, -0.05) is 0 Å². The zero-order valence-corrected chi connectivity index (χ0v) is 10.8. The Balaban J connectivity index is 1.88. The van der Waals surface area contributed by atoms with Gasteiger partial charge in [-0.2, -0.15) is 0 Å². The number of rotatable bonds is 3. The molecule has 0 radical (unpaired) electrons. The second-order valence-electron chi connectivity index (χ2n) is 4.42. The van der Waals surface area contributed by atoms with Crippen molar-refractivity contribution in [1.29, 1.82) is 0 Å². The molecule has 1 N–H and O–H groups in total. The minimum absolute atomic E-state index is 0.00244. The lowest BCUT2D eigenvalue weighted by Gasteiger charge is -1.99. The van der Waals surface area contributed by atoms with Crippen molar-refractivity contribution in [3.63, 3.8) is 0 Å². The molecule has 2 aromatic heterocycles. The molecule has 1 amide bonds. The second-order valence-corrected chi connectivity index (χ2v) is 5.42. The summed E-state index contributed by atoms with van der Waals surface area (Å²) < 4.78 is 0. The first-order chi connectivity index (χ1) is 8.74. The van der Waals surface area contributed by atoms with E-state index in [1.807, 2.05) is 19.1 Å². The van der Waals surface area contributed by atoms with Gasteiger partial charge in [0.15, 0.2) is 0 Å². The van der Waals surface area contributed by atoms with Crippen molar-refractivity contribution in [1.82, 2.24) is 15.3 Å². The van der Waals surface area contributed by atoms with Crippen LogP contribution in [0.25, 0.3) is 10.6 Å². The third kappa shape index (κ3) is 2.26. The van der Waals surface area contributed by atoms with Gasteiger partial charge >= 0.3 is 0 Å². The maximum absolute atomic E-state index is 12.0. The first kappa shape index (κ1) is 11.3. The van der Waals surface area contributed by atoms with Crippen LogP contribution < -0.4 is 5.32 Å². The van der Waals surface area contributed by atoms with Gasteiger partial charge in [0.1, 0.15) is 9.88 Å². The number of nitrogens with one attached hydrogen (secondary N) is 1. The molecule has 1 saturated carbocycles. The number of thiazole rings is 1. The molecule has 2 heterocycles. The summed E-state index contributed by atoms with van der Waals surface area (Å²) >= 11 is 1.43. The number of carbonyl (C=O) groups is 1. The van der Waals surface area contributed by atoms with Crippen molar-refractivity contribution in [2.45, 2.75) is 25.8 Å². The summed E-state index contributed by atoms with van der Waals surface area (Å²) in [6, 6.07) is 4.20. The summed E-state index contributed by atoms with van der Waals surface area (Å²) in [4.78, 5) is 21.2. The molecule has 1 aliphatic carbocycles. The predicted octanol–water partition coefficient (Wildman–Crippen LogP) is 2.41. The smallest absolute Gasteiger partial charge is 0.263 e. The van der Waals surface area contributed by atoms with E-state index in [0.717, 1.165) is 29.1 Å². The Morgan fingerprint density at radius 3 is 3.00 bits per heavy atom. The summed E-state index contributed by atoms with van der Waals surface area (Å²) in [7, 11) is 0. The van der Waals surface area contributed by atoms with Crippen LogP contribution >= 0.6 is 11.3 Å². The van der Waals surface area contributed by atoms with Crippen LogP contribution in [0.15, 0.2) is 24.5 Å². The van der Waals surface area contributed by atoms with Crippen molar-refractivity contribution in [2.24, 2.45) is 0 Å². The van der Waals surface area contributed by atoms with Crippen LogP contribution in [0.4, 0.5) is 0 Å². The first-order valence-corrected chi connectivity index (χ1v) is 6.74. The lowest BCUT2D eigenvalue weighted by Crippen LogP contribution is -2.25. The van der Waals surface area contributed by atoms with Gasteiger partial charge in [-0.3, -0.25) is 9.78 Å². The molecule has 0 aliphatic heterocycles. The minimum Gasteiger partial charge on any atom is -0.349 e. The highest BCUT2D eigenvalue weighted by Gasteiger charge is 2.25. The van der Waals surface area contributed by atoms with Gasteiger partial charge in [0.25, 0.3) is 5.91 Å². The molecule has 0 aromatic carbocycles. The minimum atomic E-state index is 0.00244. The van der Waals surface area contributed by atoms with Gasteiger partial charge < -0.3 is 5.32 Å². The number of aromatic nitrogens is 2. The molecular formula is C13H13N3OS. The largest absolute Gasteiger partial charge is 0.349 e. The number of nitrogens with zero attached hydrogens (tertiary/aromatic N) is 2. The molecule has 3 rings (SSSR count). The van der Waals surface area contributed by atoms with Crippen LogP contribution in [-0.2, 0) is 0 Å². The topological polar surface area (TPSA) is 54.9 Å². The maximum atomic E-state index is 12.0. The average Bonchev–Trinajstić information content (AvgIpc) is 3.10. The summed E-state index contributed by atoms with van der Waals surface area (Å²) in [5.41, 5.74) is 1.74. The van der Waals surface area contributed by atoms with Gasteiger partial charge in [0.2, 0.25) is 0 Å². The number of hydrogen-bond acceptors (Lipinski definition) is 4. The van der Waals surface area contributed by atoms with E-state index in [4.69, 9.17) is 0 Å². The molecule has 2 aromatic rings. The molecule has 18 heavy (non-hydrogen) atoms. The molecule has 0 spiro atoms. The number of pyridine rings is 1. The molecule has 0 atom stereocenters. The molecule has 92 valence electrons. The Bertz CT molecular complexity index is 575. The SMILES string of the molecule is Cc1nc(-c2cccnc2)sc1C(=O)NC1CC1. The lowest BCUT2D eigenvalue weighted by molar-refractivity contribution is 0.0954. The Hall–Kier alpha value is -1.75. The van der Waals surface area contributed by atoms with Crippen LogP contribution in [0, 0.1) is 6.92 Å². The number of hydrogen-bond donors (Lipinski definition) is 1. The Morgan fingerprint density at radius 1 is 1.50 bits per heavy atom. The highest BCUT2D eigenvalue weighted by atomic mass is 32.1. The average molecular weight is 259 g/mol. The summed E-state index contributed by atoms with van der Waals surface area (Å²) in [5, 5.41) is 3.84. The Morgan fingerprint density at radius 2 is 2.33 bits per heavy atom. The number of aryl methyl sites for hydroxylation is 1. The van der Waals surface area contributed by atoms with E-state index in [-0.39, 0.29) is 5.91 Å².